The zero-order valence-electron chi connectivity index (χ0n) is 13.2. The van der Waals surface area contributed by atoms with Crippen LogP contribution in [0.3, 0.4) is 0 Å². The monoisotopic (exact) mass is 319 g/mol. The van der Waals surface area contributed by atoms with Gasteiger partial charge in [0, 0.05) is 6.08 Å². The third kappa shape index (κ3) is 3.57. The molecule has 1 atom stereocenters. The van der Waals surface area contributed by atoms with Gasteiger partial charge in [-0.2, -0.15) is 0 Å². The molecule has 3 aromatic rings. The lowest BCUT2D eigenvalue weighted by Gasteiger charge is -2.12. The Balaban J connectivity index is 1.73. The number of para-hydroxylation sites is 1. The minimum Gasteiger partial charge on any atom is -0.346 e. The maximum atomic E-state index is 12.0. The highest BCUT2D eigenvalue weighted by Crippen LogP contribution is 2.11. The molecular formula is C19H17N3O2. The van der Waals surface area contributed by atoms with E-state index in [4.69, 9.17) is 0 Å². The van der Waals surface area contributed by atoms with Crippen molar-refractivity contribution in [3.8, 4) is 0 Å². The molecule has 0 unspecified atom stereocenters. The standard InChI is InChI=1S/C19H17N3O2/c1-13(14-7-3-2-4-8-14)20-18(23)12-11-17-21-16-10-6-5-9-15(16)19(24)22-17/h2-13H,1H3,(H,20,23)(H,21,22,24)/b12-11+/t13-/m0/s1. The fourth-order valence-electron chi connectivity index (χ4n) is 2.42. The van der Waals surface area contributed by atoms with Crippen molar-refractivity contribution >= 4 is 22.9 Å². The predicted octanol–water partition coefficient (Wildman–Crippen LogP) is 2.81. The Morgan fingerprint density at radius 3 is 2.62 bits per heavy atom. The van der Waals surface area contributed by atoms with Crippen molar-refractivity contribution in [2.45, 2.75) is 13.0 Å². The zero-order chi connectivity index (χ0) is 16.9. The summed E-state index contributed by atoms with van der Waals surface area (Å²) in [4.78, 5) is 31.0. The summed E-state index contributed by atoms with van der Waals surface area (Å²) in [5.41, 5.74) is 1.40. The second kappa shape index (κ2) is 6.91. The van der Waals surface area contributed by atoms with Crippen molar-refractivity contribution in [3.63, 3.8) is 0 Å². The van der Waals surface area contributed by atoms with Crippen molar-refractivity contribution in [3.05, 3.63) is 82.4 Å². The summed E-state index contributed by atoms with van der Waals surface area (Å²) in [6.45, 7) is 1.91. The Bertz CT molecular complexity index is 945. The number of benzene rings is 2. The van der Waals surface area contributed by atoms with Gasteiger partial charge in [-0.25, -0.2) is 4.98 Å². The number of hydrogen-bond donors (Lipinski definition) is 2. The van der Waals surface area contributed by atoms with Crippen LogP contribution in [0.15, 0.2) is 65.5 Å². The van der Waals surface area contributed by atoms with Crippen LogP contribution in [0, 0.1) is 0 Å². The van der Waals surface area contributed by atoms with Crippen LogP contribution >= 0.6 is 0 Å². The van der Waals surface area contributed by atoms with Gasteiger partial charge in [0.1, 0.15) is 5.82 Å². The van der Waals surface area contributed by atoms with Gasteiger partial charge in [-0.3, -0.25) is 9.59 Å². The molecule has 24 heavy (non-hydrogen) atoms. The Kier molecular flexibility index (Phi) is 4.52. The van der Waals surface area contributed by atoms with Crippen molar-refractivity contribution in [2.24, 2.45) is 0 Å². The first-order chi connectivity index (χ1) is 11.6. The molecule has 0 aliphatic rings. The van der Waals surface area contributed by atoms with Crippen LogP contribution < -0.4 is 10.9 Å². The molecule has 2 aromatic carbocycles. The lowest BCUT2D eigenvalue weighted by atomic mass is 10.1. The van der Waals surface area contributed by atoms with E-state index in [-0.39, 0.29) is 17.5 Å². The summed E-state index contributed by atoms with van der Waals surface area (Å²) >= 11 is 0. The Morgan fingerprint density at radius 1 is 1.12 bits per heavy atom. The van der Waals surface area contributed by atoms with Gasteiger partial charge in [-0.05, 0) is 30.7 Å². The topological polar surface area (TPSA) is 74.8 Å². The minimum absolute atomic E-state index is 0.105. The number of aromatic nitrogens is 2. The van der Waals surface area contributed by atoms with Gasteiger partial charge in [0.25, 0.3) is 5.56 Å². The van der Waals surface area contributed by atoms with Gasteiger partial charge in [-0.1, -0.05) is 42.5 Å². The largest absolute Gasteiger partial charge is 0.346 e. The van der Waals surface area contributed by atoms with Crippen LogP contribution in [0.5, 0.6) is 0 Å². The summed E-state index contributed by atoms with van der Waals surface area (Å²) in [6.07, 6.45) is 2.87. The molecule has 0 aliphatic carbocycles. The van der Waals surface area contributed by atoms with Crippen LogP contribution in [0.25, 0.3) is 17.0 Å². The Morgan fingerprint density at radius 2 is 1.83 bits per heavy atom. The molecule has 0 spiro atoms. The molecule has 5 heteroatoms. The van der Waals surface area contributed by atoms with Crippen LogP contribution in [0.2, 0.25) is 0 Å². The van der Waals surface area contributed by atoms with Gasteiger partial charge in [-0.15, -0.1) is 0 Å². The summed E-state index contributed by atoms with van der Waals surface area (Å²) < 4.78 is 0. The summed E-state index contributed by atoms with van der Waals surface area (Å²) in [7, 11) is 0. The van der Waals surface area contributed by atoms with Gasteiger partial charge in [0.15, 0.2) is 0 Å². The van der Waals surface area contributed by atoms with Crippen molar-refractivity contribution in [1.82, 2.24) is 15.3 Å². The molecule has 5 nitrogen and oxygen atoms in total. The van der Waals surface area contributed by atoms with Gasteiger partial charge < -0.3 is 10.3 Å². The zero-order valence-corrected chi connectivity index (χ0v) is 13.2. The molecule has 1 amide bonds. The Hall–Kier alpha value is -3.21. The molecule has 1 heterocycles. The van der Waals surface area contributed by atoms with E-state index in [1.807, 2.05) is 43.3 Å². The molecule has 0 bridgehead atoms. The highest BCUT2D eigenvalue weighted by molar-refractivity contribution is 5.91. The quantitative estimate of drug-likeness (QED) is 0.726. The number of nitrogens with one attached hydrogen (secondary N) is 2. The fraction of sp³-hybridized carbons (Fsp3) is 0.105. The average molecular weight is 319 g/mol. The van der Waals surface area contributed by atoms with Crippen molar-refractivity contribution in [1.29, 1.82) is 0 Å². The molecule has 0 saturated carbocycles. The number of carbonyl (C=O) groups excluding carboxylic acids is 1. The Labute approximate surface area is 139 Å². The maximum absolute atomic E-state index is 12.0. The summed E-state index contributed by atoms with van der Waals surface area (Å²) in [5, 5.41) is 3.40. The number of fused-ring (bicyclic) bond motifs is 1. The molecule has 3 rings (SSSR count). The third-order valence-corrected chi connectivity index (χ3v) is 3.68. The van der Waals surface area contributed by atoms with Crippen LogP contribution in [-0.2, 0) is 4.79 Å². The molecule has 120 valence electrons. The number of aromatic amines is 1. The fourth-order valence-corrected chi connectivity index (χ4v) is 2.42. The smallest absolute Gasteiger partial charge is 0.259 e. The first-order valence-corrected chi connectivity index (χ1v) is 7.66. The second-order valence-corrected chi connectivity index (χ2v) is 5.44. The highest BCUT2D eigenvalue weighted by Gasteiger charge is 2.07. The van der Waals surface area contributed by atoms with Crippen LogP contribution in [-0.4, -0.2) is 15.9 Å². The number of carbonyl (C=O) groups is 1. The van der Waals surface area contributed by atoms with Gasteiger partial charge in [0.05, 0.1) is 16.9 Å². The van der Waals surface area contributed by atoms with E-state index in [9.17, 15) is 9.59 Å². The first kappa shape index (κ1) is 15.7. The van der Waals surface area contributed by atoms with Crippen LogP contribution in [0.4, 0.5) is 0 Å². The number of rotatable bonds is 4. The van der Waals surface area contributed by atoms with Crippen molar-refractivity contribution < 1.29 is 4.79 Å². The molecule has 0 aliphatic heterocycles. The summed E-state index contributed by atoms with van der Waals surface area (Å²) in [6, 6.07) is 16.7. The molecule has 0 radical (unpaired) electrons. The van der Waals surface area contributed by atoms with E-state index in [1.165, 1.54) is 12.2 Å². The van der Waals surface area contributed by atoms with E-state index in [1.54, 1.807) is 18.2 Å². The highest BCUT2D eigenvalue weighted by atomic mass is 16.1. The first-order valence-electron chi connectivity index (χ1n) is 7.66. The number of amides is 1. The van der Waals surface area contributed by atoms with E-state index in [0.717, 1.165) is 5.56 Å². The van der Waals surface area contributed by atoms with E-state index in [0.29, 0.717) is 16.7 Å². The lowest BCUT2D eigenvalue weighted by molar-refractivity contribution is -0.117. The third-order valence-electron chi connectivity index (χ3n) is 3.68. The molecular weight excluding hydrogens is 302 g/mol. The SMILES string of the molecule is C[C@H](NC(=O)/C=C/c1nc2ccccc2c(=O)[nH]1)c1ccccc1. The van der Waals surface area contributed by atoms with Crippen molar-refractivity contribution in [2.75, 3.05) is 0 Å². The van der Waals surface area contributed by atoms with Gasteiger partial charge in [0.2, 0.25) is 5.91 Å². The van der Waals surface area contributed by atoms with E-state index >= 15 is 0 Å². The predicted molar refractivity (Wildman–Crippen MR) is 94.4 cm³/mol. The average Bonchev–Trinajstić information content (AvgIpc) is 2.61. The van der Waals surface area contributed by atoms with Crippen LogP contribution in [0.1, 0.15) is 24.4 Å². The lowest BCUT2D eigenvalue weighted by Crippen LogP contribution is -2.24. The molecule has 0 fully saturated rings. The minimum atomic E-state index is -0.248. The van der Waals surface area contributed by atoms with E-state index < -0.39 is 0 Å². The molecule has 2 N–H and O–H groups in total. The molecule has 1 aromatic heterocycles. The normalized spacial score (nSPS) is 12.4. The molecule has 0 saturated heterocycles. The maximum Gasteiger partial charge on any atom is 0.259 e. The van der Waals surface area contributed by atoms with Gasteiger partial charge >= 0.3 is 0 Å². The number of hydrogen-bond acceptors (Lipinski definition) is 3. The number of nitrogens with zero attached hydrogens (tertiary/aromatic N) is 1. The second-order valence-electron chi connectivity index (χ2n) is 5.44. The van der Waals surface area contributed by atoms with E-state index in [2.05, 4.69) is 15.3 Å². The summed E-state index contributed by atoms with van der Waals surface area (Å²) in [5.74, 6) is 0.100. The number of H-pyrrole nitrogens is 1.